The normalized spacial score (nSPS) is 15.0. The van der Waals surface area contributed by atoms with Crippen molar-refractivity contribution in [2.75, 3.05) is 4.90 Å². The molecule has 2 aromatic rings. The number of anilines is 1. The second-order valence-corrected chi connectivity index (χ2v) is 6.37. The molecule has 0 unspecified atom stereocenters. The van der Waals surface area contributed by atoms with Gasteiger partial charge in [-0.2, -0.15) is 0 Å². The van der Waals surface area contributed by atoms with Crippen LogP contribution in [0.15, 0.2) is 47.5 Å². The zero-order chi connectivity index (χ0) is 19.9. The third-order valence-corrected chi connectivity index (χ3v) is 4.36. The predicted molar refractivity (Wildman–Crippen MR) is 94.3 cm³/mol. The summed E-state index contributed by atoms with van der Waals surface area (Å²) < 4.78 is 40.6. The summed E-state index contributed by atoms with van der Waals surface area (Å²) in [6.07, 6.45) is -4.83. The van der Waals surface area contributed by atoms with Gasteiger partial charge in [0.2, 0.25) is 0 Å². The zero-order valence-corrected chi connectivity index (χ0v) is 15.0. The molecule has 0 radical (unpaired) electrons. The average Bonchev–Trinajstić information content (AvgIpc) is 2.78. The Labute approximate surface area is 157 Å². The third-order valence-electron chi connectivity index (χ3n) is 4.01. The van der Waals surface area contributed by atoms with E-state index in [9.17, 15) is 22.8 Å². The number of benzene rings is 2. The Hall–Kier alpha value is -2.80. The molecule has 1 aliphatic rings. The number of imide groups is 1. The Balaban J connectivity index is 1.94. The van der Waals surface area contributed by atoms with Crippen molar-refractivity contribution in [3.05, 3.63) is 64.2 Å². The number of carbonyl (C=O) groups is 2. The summed E-state index contributed by atoms with van der Waals surface area (Å²) in [6.45, 7) is 3.69. The van der Waals surface area contributed by atoms with Gasteiger partial charge in [0.05, 0.1) is 11.3 Å². The summed E-state index contributed by atoms with van der Waals surface area (Å²) in [4.78, 5) is 26.2. The lowest BCUT2D eigenvalue weighted by Gasteiger charge is -2.16. The van der Waals surface area contributed by atoms with Crippen LogP contribution in [0.4, 0.5) is 18.9 Å². The minimum atomic E-state index is -4.83. The fourth-order valence-electron chi connectivity index (χ4n) is 2.86. The van der Waals surface area contributed by atoms with Gasteiger partial charge in [-0.3, -0.25) is 9.59 Å². The van der Waals surface area contributed by atoms with E-state index < -0.39 is 23.9 Å². The van der Waals surface area contributed by atoms with Gasteiger partial charge in [-0.25, -0.2) is 4.90 Å². The number of amides is 2. The standard InChI is InChI=1S/C19H13ClF3NO3/c1-10-3-8-14(11(2)9-10)15-16(20)18(26)24(17(15)25)12-4-6-13(7-5-12)27-19(21,22)23/h3-9H,1-2H3. The summed E-state index contributed by atoms with van der Waals surface area (Å²) in [5, 5.41) is -0.234. The van der Waals surface area contributed by atoms with E-state index in [1.165, 1.54) is 12.1 Å². The van der Waals surface area contributed by atoms with Crippen molar-refractivity contribution in [1.29, 1.82) is 0 Å². The Morgan fingerprint density at radius 3 is 2.15 bits per heavy atom. The van der Waals surface area contributed by atoms with Crippen LogP contribution in [0.25, 0.3) is 5.57 Å². The van der Waals surface area contributed by atoms with Crippen LogP contribution in [0, 0.1) is 13.8 Å². The van der Waals surface area contributed by atoms with Crippen molar-refractivity contribution < 1.29 is 27.5 Å². The first-order valence-electron chi connectivity index (χ1n) is 7.80. The molecule has 0 atom stereocenters. The van der Waals surface area contributed by atoms with Gasteiger partial charge in [0.1, 0.15) is 10.8 Å². The van der Waals surface area contributed by atoms with Gasteiger partial charge in [-0.15, -0.1) is 13.2 Å². The number of carbonyl (C=O) groups excluding carboxylic acids is 2. The number of nitrogens with zero attached hydrogens (tertiary/aromatic N) is 1. The highest BCUT2D eigenvalue weighted by atomic mass is 35.5. The van der Waals surface area contributed by atoms with Crippen molar-refractivity contribution in [2.24, 2.45) is 0 Å². The summed E-state index contributed by atoms with van der Waals surface area (Å²) in [5.74, 6) is -1.83. The first-order valence-corrected chi connectivity index (χ1v) is 8.18. The molecule has 0 spiro atoms. The number of hydrogen-bond donors (Lipinski definition) is 0. The highest BCUT2D eigenvalue weighted by molar-refractivity contribution is 6.60. The van der Waals surface area contributed by atoms with Crippen LogP contribution in [0.5, 0.6) is 5.75 Å². The van der Waals surface area contributed by atoms with Gasteiger partial charge in [0.15, 0.2) is 0 Å². The lowest BCUT2D eigenvalue weighted by atomic mass is 9.99. The van der Waals surface area contributed by atoms with Gasteiger partial charge in [-0.05, 0) is 49.2 Å². The van der Waals surface area contributed by atoms with Crippen molar-refractivity contribution >= 4 is 34.7 Å². The molecule has 4 nitrogen and oxygen atoms in total. The summed E-state index contributed by atoms with van der Waals surface area (Å²) in [6, 6.07) is 9.77. The number of halogens is 4. The molecular formula is C19H13ClF3NO3. The topological polar surface area (TPSA) is 46.6 Å². The summed E-state index contributed by atoms with van der Waals surface area (Å²) in [5.41, 5.74) is 2.46. The molecule has 27 heavy (non-hydrogen) atoms. The number of ether oxygens (including phenoxy) is 1. The maximum Gasteiger partial charge on any atom is 0.573 e. The van der Waals surface area contributed by atoms with Crippen molar-refractivity contribution in [3.63, 3.8) is 0 Å². The van der Waals surface area contributed by atoms with Crippen LogP contribution in [-0.4, -0.2) is 18.2 Å². The monoisotopic (exact) mass is 395 g/mol. The van der Waals surface area contributed by atoms with Crippen molar-refractivity contribution in [2.45, 2.75) is 20.2 Å². The summed E-state index contributed by atoms with van der Waals surface area (Å²) >= 11 is 6.13. The number of hydrogen-bond acceptors (Lipinski definition) is 3. The van der Waals surface area contributed by atoms with Crippen LogP contribution in [0.2, 0.25) is 0 Å². The third kappa shape index (κ3) is 3.68. The zero-order valence-electron chi connectivity index (χ0n) is 14.2. The highest BCUT2D eigenvalue weighted by Crippen LogP contribution is 2.37. The molecule has 1 aliphatic heterocycles. The number of aryl methyl sites for hydroxylation is 2. The Kier molecular flexibility index (Phi) is 4.73. The number of alkyl halides is 3. The van der Waals surface area contributed by atoms with Crippen LogP contribution < -0.4 is 9.64 Å². The van der Waals surface area contributed by atoms with E-state index in [2.05, 4.69) is 4.74 Å². The SMILES string of the molecule is Cc1ccc(C2=C(Cl)C(=O)N(c3ccc(OC(F)(F)F)cc3)C2=O)c(C)c1. The minimum absolute atomic E-state index is 0.0646. The molecule has 0 bridgehead atoms. The van der Waals surface area contributed by atoms with Gasteiger partial charge < -0.3 is 4.74 Å². The molecule has 3 rings (SSSR count). The predicted octanol–water partition coefficient (Wildman–Crippen LogP) is 4.73. The van der Waals surface area contributed by atoms with Crippen molar-refractivity contribution in [3.8, 4) is 5.75 Å². The molecule has 8 heteroatoms. The van der Waals surface area contributed by atoms with Crippen LogP contribution in [0.3, 0.4) is 0 Å². The lowest BCUT2D eigenvalue weighted by Crippen LogP contribution is -2.31. The first-order chi connectivity index (χ1) is 12.6. The molecule has 0 fully saturated rings. The Bertz CT molecular complexity index is 965. The fraction of sp³-hybridized carbons (Fsp3) is 0.158. The molecule has 2 amide bonds. The molecule has 0 aromatic heterocycles. The maximum absolute atomic E-state index is 12.8. The molecule has 0 aliphatic carbocycles. The molecule has 140 valence electrons. The van der Waals surface area contributed by atoms with E-state index in [1.807, 2.05) is 13.0 Å². The van der Waals surface area contributed by atoms with Gasteiger partial charge in [-0.1, -0.05) is 35.4 Å². The average molecular weight is 396 g/mol. The molecule has 0 saturated heterocycles. The Morgan fingerprint density at radius 1 is 0.963 bits per heavy atom. The van der Waals surface area contributed by atoms with Crippen LogP contribution in [0.1, 0.15) is 16.7 Å². The Morgan fingerprint density at radius 2 is 1.59 bits per heavy atom. The molecule has 1 heterocycles. The summed E-state index contributed by atoms with van der Waals surface area (Å²) in [7, 11) is 0. The van der Waals surface area contributed by atoms with Gasteiger partial charge in [0, 0.05) is 0 Å². The maximum atomic E-state index is 12.8. The van der Waals surface area contributed by atoms with E-state index in [1.54, 1.807) is 19.1 Å². The van der Waals surface area contributed by atoms with E-state index in [4.69, 9.17) is 11.6 Å². The van der Waals surface area contributed by atoms with Crippen LogP contribution in [-0.2, 0) is 9.59 Å². The quantitative estimate of drug-likeness (QED) is 0.706. The second-order valence-electron chi connectivity index (χ2n) is 5.99. The van der Waals surface area contributed by atoms with Crippen LogP contribution >= 0.6 is 11.6 Å². The molecule has 0 saturated carbocycles. The molecule has 0 N–H and O–H groups in total. The highest BCUT2D eigenvalue weighted by Gasteiger charge is 2.40. The van der Waals surface area contributed by atoms with E-state index in [-0.39, 0.29) is 16.3 Å². The second kappa shape index (κ2) is 6.74. The minimum Gasteiger partial charge on any atom is -0.406 e. The van der Waals surface area contributed by atoms with E-state index in [0.717, 1.165) is 28.2 Å². The molecule has 2 aromatic carbocycles. The smallest absolute Gasteiger partial charge is 0.406 e. The van der Waals surface area contributed by atoms with Gasteiger partial charge >= 0.3 is 6.36 Å². The van der Waals surface area contributed by atoms with E-state index >= 15 is 0 Å². The largest absolute Gasteiger partial charge is 0.573 e. The van der Waals surface area contributed by atoms with Crippen molar-refractivity contribution in [1.82, 2.24) is 0 Å². The lowest BCUT2D eigenvalue weighted by molar-refractivity contribution is -0.274. The van der Waals surface area contributed by atoms with E-state index in [0.29, 0.717) is 5.56 Å². The fourth-order valence-corrected chi connectivity index (χ4v) is 3.13. The molecular weight excluding hydrogens is 383 g/mol. The number of rotatable bonds is 3. The van der Waals surface area contributed by atoms with Gasteiger partial charge in [0.25, 0.3) is 11.8 Å². The first kappa shape index (κ1) is 19.0.